The minimum Gasteiger partial charge on any atom is -0.349 e. The maximum Gasteiger partial charge on any atom is 0.243 e. The zero-order valence-electron chi connectivity index (χ0n) is 12.9. The molecule has 2 N–H and O–H groups in total. The number of benzene rings is 1. The van der Waals surface area contributed by atoms with E-state index in [-0.39, 0.29) is 23.4 Å². The Hall–Kier alpha value is -1.84. The first-order valence-electron chi connectivity index (χ1n) is 8.32. The Morgan fingerprint density at radius 1 is 1.18 bits per heavy atom. The Bertz CT molecular complexity index is 535. The van der Waals surface area contributed by atoms with E-state index in [4.69, 9.17) is 0 Å². The number of hydrogen-bond donors (Lipinski definition) is 2. The van der Waals surface area contributed by atoms with Gasteiger partial charge >= 0.3 is 0 Å². The van der Waals surface area contributed by atoms with Crippen molar-refractivity contribution in [2.75, 3.05) is 0 Å². The summed E-state index contributed by atoms with van der Waals surface area (Å²) in [6, 6.07) is 10.0. The van der Waals surface area contributed by atoms with Crippen LogP contribution in [0.2, 0.25) is 0 Å². The fraction of sp³-hybridized carbons (Fsp3) is 0.556. The molecule has 2 aliphatic rings. The predicted octanol–water partition coefficient (Wildman–Crippen LogP) is 2.33. The van der Waals surface area contributed by atoms with E-state index in [2.05, 4.69) is 22.8 Å². The summed E-state index contributed by atoms with van der Waals surface area (Å²) in [5.41, 5.74) is 1.12. The van der Waals surface area contributed by atoms with E-state index >= 15 is 0 Å². The zero-order chi connectivity index (χ0) is 15.4. The summed E-state index contributed by atoms with van der Waals surface area (Å²) in [5, 5.41) is 6.06. The Labute approximate surface area is 131 Å². The molecule has 4 heteroatoms. The summed E-state index contributed by atoms with van der Waals surface area (Å²) in [4.78, 5) is 23.9. The lowest BCUT2D eigenvalue weighted by Crippen LogP contribution is -2.55. The molecule has 1 atom stereocenters. The molecule has 2 fully saturated rings. The molecule has 0 spiro atoms. The highest BCUT2D eigenvalue weighted by atomic mass is 16.2. The molecule has 4 nitrogen and oxygen atoms in total. The second kappa shape index (κ2) is 6.51. The van der Waals surface area contributed by atoms with Gasteiger partial charge < -0.3 is 10.6 Å². The van der Waals surface area contributed by atoms with Crippen molar-refractivity contribution in [2.45, 2.75) is 62.9 Å². The molecule has 1 aromatic carbocycles. The topological polar surface area (TPSA) is 58.2 Å². The third-order valence-electron chi connectivity index (χ3n) is 4.90. The van der Waals surface area contributed by atoms with Gasteiger partial charge in [0.15, 0.2) is 0 Å². The van der Waals surface area contributed by atoms with E-state index in [0.29, 0.717) is 12.8 Å². The van der Waals surface area contributed by atoms with Crippen molar-refractivity contribution < 1.29 is 9.59 Å². The first-order valence-corrected chi connectivity index (χ1v) is 8.32. The third kappa shape index (κ3) is 3.49. The Morgan fingerprint density at radius 3 is 2.55 bits per heavy atom. The van der Waals surface area contributed by atoms with Crippen LogP contribution in [0.4, 0.5) is 0 Å². The monoisotopic (exact) mass is 300 g/mol. The van der Waals surface area contributed by atoms with Crippen LogP contribution in [0.25, 0.3) is 0 Å². The highest BCUT2D eigenvalue weighted by molar-refractivity contribution is 5.91. The smallest absolute Gasteiger partial charge is 0.243 e. The number of hydrogen-bond acceptors (Lipinski definition) is 2. The Morgan fingerprint density at radius 2 is 1.91 bits per heavy atom. The lowest BCUT2D eigenvalue weighted by atomic mass is 9.77. The molecule has 22 heavy (non-hydrogen) atoms. The molecule has 1 saturated heterocycles. The lowest BCUT2D eigenvalue weighted by molar-refractivity contribution is -0.127. The molecule has 0 bridgehead atoms. The van der Waals surface area contributed by atoms with Gasteiger partial charge in [-0.15, -0.1) is 0 Å². The van der Waals surface area contributed by atoms with Crippen LogP contribution >= 0.6 is 0 Å². The van der Waals surface area contributed by atoms with E-state index in [1.54, 1.807) is 0 Å². The van der Waals surface area contributed by atoms with Crippen LogP contribution < -0.4 is 10.6 Å². The average molecular weight is 300 g/mol. The molecule has 1 aromatic rings. The fourth-order valence-corrected chi connectivity index (χ4v) is 3.72. The molecule has 0 aromatic heterocycles. The van der Waals surface area contributed by atoms with Crippen molar-refractivity contribution in [1.82, 2.24) is 10.6 Å². The molecule has 1 unspecified atom stereocenters. The van der Waals surface area contributed by atoms with Gasteiger partial charge in [0.25, 0.3) is 0 Å². The fourth-order valence-electron chi connectivity index (χ4n) is 3.72. The maximum absolute atomic E-state index is 12.5. The Kier molecular flexibility index (Phi) is 4.46. The van der Waals surface area contributed by atoms with Crippen molar-refractivity contribution in [1.29, 1.82) is 0 Å². The number of carbonyl (C=O) groups is 2. The SMILES string of the molecule is O=C1CCC(C(=O)NC2(Cc3ccccc3)CCCCC2)N1. The van der Waals surface area contributed by atoms with Crippen molar-refractivity contribution in [3.8, 4) is 0 Å². The standard InChI is InChI=1S/C18H24N2O2/c21-16-10-9-15(19-16)17(22)20-18(11-5-2-6-12-18)13-14-7-3-1-4-8-14/h1,3-4,7-8,15H,2,5-6,9-13H2,(H,19,21)(H,20,22). The number of nitrogens with one attached hydrogen (secondary N) is 2. The summed E-state index contributed by atoms with van der Waals surface area (Å²) >= 11 is 0. The van der Waals surface area contributed by atoms with Crippen LogP contribution in [0.3, 0.4) is 0 Å². The van der Waals surface area contributed by atoms with E-state index in [1.807, 2.05) is 18.2 Å². The molecule has 3 rings (SSSR count). The quantitative estimate of drug-likeness (QED) is 0.896. The molecule has 1 aliphatic carbocycles. The summed E-state index contributed by atoms with van der Waals surface area (Å²) in [7, 11) is 0. The first-order chi connectivity index (χ1) is 10.7. The summed E-state index contributed by atoms with van der Waals surface area (Å²) in [6.45, 7) is 0. The summed E-state index contributed by atoms with van der Waals surface area (Å²) in [6.07, 6.45) is 7.56. The van der Waals surface area contributed by atoms with Crippen LogP contribution in [0, 0.1) is 0 Å². The Balaban J connectivity index is 1.71. The largest absolute Gasteiger partial charge is 0.349 e. The van der Waals surface area contributed by atoms with E-state index in [1.165, 1.54) is 12.0 Å². The molecule has 0 radical (unpaired) electrons. The minimum absolute atomic E-state index is 0.0105. The molecule has 118 valence electrons. The molecule has 1 saturated carbocycles. The maximum atomic E-state index is 12.5. The van der Waals surface area contributed by atoms with Crippen LogP contribution in [0.5, 0.6) is 0 Å². The van der Waals surface area contributed by atoms with Crippen molar-refractivity contribution in [3.05, 3.63) is 35.9 Å². The summed E-state index contributed by atoms with van der Waals surface area (Å²) in [5.74, 6) is -0.0235. The highest BCUT2D eigenvalue weighted by Gasteiger charge is 2.37. The highest BCUT2D eigenvalue weighted by Crippen LogP contribution is 2.31. The second-order valence-electron chi connectivity index (χ2n) is 6.65. The van der Waals surface area contributed by atoms with Gasteiger partial charge in [-0.25, -0.2) is 0 Å². The second-order valence-corrected chi connectivity index (χ2v) is 6.65. The van der Waals surface area contributed by atoms with Gasteiger partial charge in [-0.1, -0.05) is 49.6 Å². The van der Waals surface area contributed by atoms with Crippen LogP contribution in [0.1, 0.15) is 50.5 Å². The van der Waals surface area contributed by atoms with Crippen molar-refractivity contribution in [2.24, 2.45) is 0 Å². The van der Waals surface area contributed by atoms with Gasteiger partial charge in [0.05, 0.1) is 0 Å². The van der Waals surface area contributed by atoms with Crippen LogP contribution in [-0.4, -0.2) is 23.4 Å². The number of carbonyl (C=O) groups excluding carboxylic acids is 2. The third-order valence-corrected chi connectivity index (χ3v) is 4.90. The minimum atomic E-state index is -0.345. The van der Waals surface area contributed by atoms with E-state index < -0.39 is 0 Å². The van der Waals surface area contributed by atoms with E-state index in [9.17, 15) is 9.59 Å². The lowest BCUT2D eigenvalue weighted by Gasteiger charge is -2.39. The number of amides is 2. The van der Waals surface area contributed by atoms with Crippen LogP contribution in [-0.2, 0) is 16.0 Å². The van der Waals surface area contributed by atoms with Crippen molar-refractivity contribution in [3.63, 3.8) is 0 Å². The molecule has 1 heterocycles. The van der Waals surface area contributed by atoms with E-state index in [0.717, 1.165) is 32.1 Å². The van der Waals surface area contributed by atoms with Gasteiger partial charge in [0.1, 0.15) is 6.04 Å². The predicted molar refractivity (Wildman–Crippen MR) is 85.3 cm³/mol. The van der Waals surface area contributed by atoms with Gasteiger partial charge in [-0.3, -0.25) is 9.59 Å². The normalized spacial score (nSPS) is 23.8. The average Bonchev–Trinajstić information content (AvgIpc) is 2.96. The molecule has 1 aliphatic heterocycles. The van der Waals surface area contributed by atoms with Crippen LogP contribution in [0.15, 0.2) is 30.3 Å². The molecular weight excluding hydrogens is 276 g/mol. The first kappa shape index (κ1) is 15.1. The zero-order valence-corrected chi connectivity index (χ0v) is 12.9. The summed E-state index contributed by atoms with van der Waals surface area (Å²) < 4.78 is 0. The number of rotatable bonds is 4. The van der Waals surface area contributed by atoms with Gasteiger partial charge in [-0.05, 0) is 31.2 Å². The molecule has 2 amide bonds. The van der Waals surface area contributed by atoms with Gasteiger partial charge in [0, 0.05) is 12.0 Å². The molecular formula is C18H24N2O2. The van der Waals surface area contributed by atoms with Crippen molar-refractivity contribution >= 4 is 11.8 Å². The van der Waals surface area contributed by atoms with Gasteiger partial charge in [0.2, 0.25) is 11.8 Å². The van der Waals surface area contributed by atoms with Gasteiger partial charge in [-0.2, -0.15) is 0 Å².